The van der Waals surface area contributed by atoms with Crippen molar-refractivity contribution >= 4 is 32.8 Å². The number of para-hydroxylation sites is 1. The van der Waals surface area contributed by atoms with Crippen molar-refractivity contribution in [2.75, 3.05) is 0 Å². The number of nitrogens with zero attached hydrogens (tertiary/aromatic N) is 1. The van der Waals surface area contributed by atoms with Crippen LogP contribution in [0.5, 0.6) is 0 Å². The minimum Gasteiger partial charge on any atom is -0.457 e. The Morgan fingerprint density at radius 1 is 0.964 bits per heavy atom. The van der Waals surface area contributed by atoms with Gasteiger partial charge in [0.25, 0.3) is 0 Å². The zero-order chi connectivity index (χ0) is 19.5. The first kappa shape index (κ1) is 18.3. The van der Waals surface area contributed by atoms with E-state index in [1.54, 1.807) is 18.2 Å². The molecule has 3 nitrogen and oxygen atoms in total. The first-order chi connectivity index (χ1) is 13.6. The minimum atomic E-state index is -0.443. The lowest BCUT2D eigenvalue weighted by Crippen LogP contribution is -2.07. The van der Waals surface area contributed by atoms with Gasteiger partial charge in [0.15, 0.2) is 0 Å². The quantitative estimate of drug-likeness (QED) is 0.360. The molecule has 0 amide bonds. The molecule has 4 rings (SSSR count). The zero-order valence-electron chi connectivity index (χ0n) is 14.7. The normalized spacial score (nSPS) is 10.8. The molecule has 0 spiro atoms. The Hall–Kier alpha value is -3.05. The van der Waals surface area contributed by atoms with Gasteiger partial charge in [0.2, 0.25) is 0 Å². The number of hydrogen-bond acceptors (Lipinski definition) is 3. The van der Waals surface area contributed by atoms with Crippen LogP contribution in [0.15, 0.2) is 83.3 Å². The standard InChI is InChI=1S/C23H15BrFNO2/c24-17-9-7-16(8-10-17)22-13-20(19-3-1-2-4-21(19)26-22)23(27)28-14-15-5-11-18(25)12-6-15/h1-13H,14H2. The van der Waals surface area contributed by atoms with Gasteiger partial charge in [-0.25, -0.2) is 14.2 Å². The first-order valence-electron chi connectivity index (χ1n) is 8.67. The Bertz CT molecular complexity index is 1140. The number of pyridine rings is 1. The molecule has 0 atom stereocenters. The number of hydrogen-bond donors (Lipinski definition) is 0. The van der Waals surface area contributed by atoms with Crippen LogP contribution in [0.1, 0.15) is 15.9 Å². The number of fused-ring (bicyclic) bond motifs is 1. The maximum atomic E-state index is 13.0. The van der Waals surface area contributed by atoms with Gasteiger partial charge >= 0.3 is 5.97 Å². The molecular formula is C23H15BrFNO2. The monoisotopic (exact) mass is 435 g/mol. The van der Waals surface area contributed by atoms with Crippen LogP contribution in [0.3, 0.4) is 0 Å². The maximum absolute atomic E-state index is 13.0. The third-order valence-electron chi connectivity index (χ3n) is 4.36. The van der Waals surface area contributed by atoms with Crippen molar-refractivity contribution < 1.29 is 13.9 Å². The molecule has 3 aromatic carbocycles. The summed E-state index contributed by atoms with van der Waals surface area (Å²) < 4.78 is 19.5. The van der Waals surface area contributed by atoms with E-state index in [2.05, 4.69) is 20.9 Å². The highest BCUT2D eigenvalue weighted by Gasteiger charge is 2.15. The smallest absolute Gasteiger partial charge is 0.339 e. The van der Waals surface area contributed by atoms with E-state index >= 15 is 0 Å². The van der Waals surface area contributed by atoms with Gasteiger partial charge in [-0.1, -0.05) is 58.4 Å². The fourth-order valence-electron chi connectivity index (χ4n) is 2.92. The molecule has 0 saturated carbocycles. The fourth-order valence-corrected chi connectivity index (χ4v) is 3.18. The molecule has 0 fully saturated rings. The summed E-state index contributed by atoms with van der Waals surface area (Å²) in [6, 6.07) is 22.8. The van der Waals surface area contributed by atoms with Crippen LogP contribution in [0.2, 0.25) is 0 Å². The summed E-state index contributed by atoms with van der Waals surface area (Å²) in [5.41, 5.74) is 3.49. The van der Waals surface area contributed by atoms with Gasteiger partial charge in [0, 0.05) is 15.4 Å². The van der Waals surface area contributed by atoms with Crippen LogP contribution >= 0.6 is 15.9 Å². The average molecular weight is 436 g/mol. The lowest BCUT2D eigenvalue weighted by molar-refractivity contribution is 0.0475. The number of benzene rings is 3. The number of esters is 1. The summed E-state index contributed by atoms with van der Waals surface area (Å²) in [6.07, 6.45) is 0. The van der Waals surface area contributed by atoms with E-state index in [9.17, 15) is 9.18 Å². The topological polar surface area (TPSA) is 39.2 Å². The Morgan fingerprint density at radius 2 is 1.68 bits per heavy atom. The van der Waals surface area contributed by atoms with Gasteiger partial charge in [-0.2, -0.15) is 0 Å². The molecular weight excluding hydrogens is 421 g/mol. The summed E-state index contributed by atoms with van der Waals surface area (Å²) in [7, 11) is 0. The molecule has 138 valence electrons. The molecule has 0 N–H and O–H groups in total. The highest BCUT2D eigenvalue weighted by atomic mass is 79.9. The maximum Gasteiger partial charge on any atom is 0.339 e. The van der Waals surface area contributed by atoms with Crippen molar-refractivity contribution in [2.24, 2.45) is 0 Å². The molecule has 0 radical (unpaired) electrons. The van der Waals surface area contributed by atoms with Gasteiger partial charge < -0.3 is 4.74 Å². The van der Waals surface area contributed by atoms with Crippen molar-refractivity contribution in [2.45, 2.75) is 6.61 Å². The Balaban J connectivity index is 1.69. The van der Waals surface area contributed by atoms with Crippen molar-refractivity contribution in [1.29, 1.82) is 0 Å². The van der Waals surface area contributed by atoms with Crippen LogP contribution in [-0.2, 0) is 11.3 Å². The van der Waals surface area contributed by atoms with Gasteiger partial charge in [-0.15, -0.1) is 0 Å². The van der Waals surface area contributed by atoms with Crippen LogP contribution in [-0.4, -0.2) is 11.0 Å². The average Bonchev–Trinajstić information content (AvgIpc) is 2.73. The number of carbonyl (C=O) groups excluding carboxylic acids is 1. The molecule has 0 aliphatic heterocycles. The van der Waals surface area contributed by atoms with Crippen LogP contribution in [0, 0.1) is 5.82 Å². The lowest BCUT2D eigenvalue weighted by atomic mass is 10.0. The number of aromatic nitrogens is 1. The summed E-state index contributed by atoms with van der Waals surface area (Å²) in [5.74, 6) is -0.768. The van der Waals surface area contributed by atoms with Gasteiger partial charge in [-0.3, -0.25) is 0 Å². The molecule has 0 aliphatic carbocycles. The largest absolute Gasteiger partial charge is 0.457 e. The van der Waals surface area contributed by atoms with E-state index in [0.717, 1.165) is 26.5 Å². The van der Waals surface area contributed by atoms with Crippen molar-refractivity contribution in [3.8, 4) is 11.3 Å². The molecule has 28 heavy (non-hydrogen) atoms. The number of rotatable bonds is 4. The minimum absolute atomic E-state index is 0.0728. The van der Waals surface area contributed by atoms with E-state index in [1.165, 1.54) is 12.1 Å². The SMILES string of the molecule is O=C(OCc1ccc(F)cc1)c1cc(-c2ccc(Br)cc2)nc2ccccc12. The molecule has 1 aromatic heterocycles. The Labute approximate surface area is 169 Å². The second-order valence-electron chi connectivity index (χ2n) is 6.28. The Kier molecular flexibility index (Phi) is 5.17. The van der Waals surface area contributed by atoms with Crippen LogP contribution in [0.25, 0.3) is 22.2 Å². The second kappa shape index (κ2) is 7.90. The lowest BCUT2D eigenvalue weighted by Gasteiger charge is -2.10. The number of halogens is 2. The number of carbonyl (C=O) groups is 1. The highest BCUT2D eigenvalue weighted by molar-refractivity contribution is 9.10. The van der Waals surface area contributed by atoms with E-state index in [0.29, 0.717) is 11.3 Å². The van der Waals surface area contributed by atoms with Crippen LogP contribution < -0.4 is 0 Å². The predicted molar refractivity (Wildman–Crippen MR) is 110 cm³/mol. The van der Waals surface area contributed by atoms with Crippen molar-refractivity contribution in [1.82, 2.24) is 4.98 Å². The van der Waals surface area contributed by atoms with E-state index in [-0.39, 0.29) is 12.4 Å². The third-order valence-corrected chi connectivity index (χ3v) is 4.89. The molecule has 0 saturated heterocycles. The third kappa shape index (κ3) is 3.94. The Morgan fingerprint density at radius 3 is 2.43 bits per heavy atom. The summed E-state index contributed by atoms with van der Waals surface area (Å²) in [6.45, 7) is 0.0728. The van der Waals surface area contributed by atoms with Crippen molar-refractivity contribution in [3.63, 3.8) is 0 Å². The highest BCUT2D eigenvalue weighted by Crippen LogP contribution is 2.26. The molecule has 0 aliphatic rings. The van der Waals surface area contributed by atoms with E-state index in [4.69, 9.17) is 4.74 Å². The summed E-state index contributed by atoms with van der Waals surface area (Å²) in [5, 5.41) is 0.729. The van der Waals surface area contributed by atoms with Crippen molar-refractivity contribution in [3.05, 3.63) is 100 Å². The zero-order valence-corrected chi connectivity index (χ0v) is 16.3. The fraction of sp³-hybridized carbons (Fsp3) is 0.0435. The molecule has 4 aromatic rings. The summed E-state index contributed by atoms with van der Waals surface area (Å²) >= 11 is 3.42. The van der Waals surface area contributed by atoms with E-state index < -0.39 is 5.97 Å². The number of ether oxygens (including phenoxy) is 1. The van der Waals surface area contributed by atoms with Gasteiger partial charge in [0.05, 0.1) is 16.8 Å². The molecule has 0 bridgehead atoms. The van der Waals surface area contributed by atoms with Crippen LogP contribution in [0.4, 0.5) is 4.39 Å². The second-order valence-corrected chi connectivity index (χ2v) is 7.20. The molecule has 0 unspecified atom stereocenters. The summed E-state index contributed by atoms with van der Waals surface area (Å²) in [4.78, 5) is 17.5. The van der Waals surface area contributed by atoms with Gasteiger partial charge in [-0.05, 0) is 42.0 Å². The van der Waals surface area contributed by atoms with Gasteiger partial charge in [0.1, 0.15) is 12.4 Å². The predicted octanol–water partition coefficient (Wildman–Crippen LogP) is 6.16. The van der Waals surface area contributed by atoms with E-state index in [1.807, 2.05) is 48.5 Å². The first-order valence-corrected chi connectivity index (χ1v) is 9.47. The molecule has 1 heterocycles. The molecule has 5 heteroatoms.